The van der Waals surface area contributed by atoms with Gasteiger partial charge in [0.25, 0.3) is 5.91 Å². The third kappa shape index (κ3) is 4.21. The lowest BCUT2D eigenvalue weighted by Gasteiger charge is -2.24. The summed E-state index contributed by atoms with van der Waals surface area (Å²) in [4.78, 5) is 39.8. The molecule has 2 aromatic heterocycles. The number of aromatic nitrogens is 4. The van der Waals surface area contributed by atoms with Gasteiger partial charge in [-0.2, -0.15) is 0 Å². The zero-order valence-corrected chi connectivity index (χ0v) is 17.3. The van der Waals surface area contributed by atoms with Gasteiger partial charge in [0.1, 0.15) is 6.17 Å². The van der Waals surface area contributed by atoms with Crippen molar-refractivity contribution in [3.8, 4) is 0 Å². The van der Waals surface area contributed by atoms with Crippen molar-refractivity contribution in [2.75, 3.05) is 20.6 Å². The highest BCUT2D eigenvalue weighted by atomic mass is 19.1. The zero-order chi connectivity index (χ0) is 22.1. The number of alkyl halides is 1. The molecule has 0 bridgehead atoms. The molecule has 1 aromatic carbocycles. The Kier molecular flexibility index (Phi) is 5.57. The highest BCUT2D eigenvalue weighted by molar-refractivity contribution is 5.91. The van der Waals surface area contributed by atoms with E-state index in [1.165, 1.54) is 25.2 Å². The van der Waals surface area contributed by atoms with E-state index in [4.69, 9.17) is 4.42 Å². The molecule has 164 valence electrons. The monoisotopic (exact) mass is 430 g/mol. The Morgan fingerprint density at radius 2 is 2.06 bits per heavy atom. The summed E-state index contributed by atoms with van der Waals surface area (Å²) in [6.45, 7) is 0.358. The van der Waals surface area contributed by atoms with Crippen molar-refractivity contribution < 1.29 is 18.4 Å². The van der Waals surface area contributed by atoms with Gasteiger partial charge in [-0.25, -0.2) is 13.9 Å². The van der Waals surface area contributed by atoms with E-state index in [0.29, 0.717) is 11.1 Å². The molecule has 1 aliphatic rings. The van der Waals surface area contributed by atoms with Gasteiger partial charge in [0.15, 0.2) is 11.3 Å². The molecule has 1 saturated heterocycles. The molecule has 1 fully saturated rings. The first-order valence-corrected chi connectivity index (χ1v) is 9.97. The number of aryl methyl sites for hydroxylation is 1. The van der Waals surface area contributed by atoms with E-state index in [2.05, 4.69) is 10.3 Å². The van der Waals surface area contributed by atoms with Crippen LogP contribution in [0.1, 0.15) is 23.3 Å². The fourth-order valence-corrected chi connectivity index (χ4v) is 3.85. The lowest BCUT2D eigenvalue weighted by molar-refractivity contribution is -0.132. The number of carbonyl (C=O) groups is 2. The molecule has 0 radical (unpaired) electrons. The fraction of sp³-hybridized carbons (Fsp3) is 0.450. The molecule has 0 aliphatic carbocycles. The number of nitrogens with zero attached hydrogens (tertiary/aromatic N) is 6. The van der Waals surface area contributed by atoms with Crippen molar-refractivity contribution in [2.45, 2.75) is 38.1 Å². The predicted molar refractivity (Wildman–Crippen MR) is 108 cm³/mol. The van der Waals surface area contributed by atoms with E-state index in [-0.39, 0.29) is 50.0 Å². The first-order chi connectivity index (χ1) is 14.8. The van der Waals surface area contributed by atoms with Crippen LogP contribution < -0.4 is 5.76 Å². The molecule has 31 heavy (non-hydrogen) atoms. The minimum atomic E-state index is -1.14. The van der Waals surface area contributed by atoms with Crippen molar-refractivity contribution in [3.63, 3.8) is 0 Å². The Hall–Kier alpha value is -3.50. The van der Waals surface area contributed by atoms with Gasteiger partial charge in [-0.3, -0.25) is 14.2 Å². The molecule has 0 N–H and O–H groups in total. The second-order valence-electron chi connectivity index (χ2n) is 7.80. The molecular weight excluding hydrogens is 407 g/mol. The normalized spacial score (nSPS) is 18.6. The standard InChI is InChI=1S/C20H23FN6O4/c1-24(2)19(29)15-12-25(23-22-15)11-14-9-13(21)10-27(14)18(28)7-8-26-16-5-3-4-6-17(16)31-20(26)30/h3-6,12-14H,7-11H2,1-2H3. The van der Waals surface area contributed by atoms with Crippen LogP contribution in [0.5, 0.6) is 0 Å². The van der Waals surface area contributed by atoms with E-state index >= 15 is 0 Å². The van der Waals surface area contributed by atoms with Crippen LogP contribution in [0, 0.1) is 0 Å². The Bertz CT molecular complexity index is 1170. The van der Waals surface area contributed by atoms with Crippen LogP contribution in [0.25, 0.3) is 11.1 Å². The Morgan fingerprint density at radius 3 is 2.84 bits per heavy atom. The molecule has 11 heteroatoms. The van der Waals surface area contributed by atoms with Gasteiger partial charge in [0.05, 0.1) is 30.8 Å². The van der Waals surface area contributed by atoms with Crippen LogP contribution in [0.4, 0.5) is 4.39 Å². The fourth-order valence-electron chi connectivity index (χ4n) is 3.85. The molecule has 0 spiro atoms. The van der Waals surface area contributed by atoms with Gasteiger partial charge < -0.3 is 14.2 Å². The quantitative estimate of drug-likeness (QED) is 0.576. The number of oxazole rings is 1. The first-order valence-electron chi connectivity index (χ1n) is 9.97. The molecule has 1 aliphatic heterocycles. The summed E-state index contributed by atoms with van der Waals surface area (Å²) in [6.07, 6.45) is 0.567. The summed E-state index contributed by atoms with van der Waals surface area (Å²) in [5.41, 5.74) is 1.25. The van der Waals surface area contributed by atoms with Crippen LogP contribution in [0.3, 0.4) is 0 Å². The molecule has 0 saturated carbocycles. The third-order valence-corrected chi connectivity index (χ3v) is 5.37. The van der Waals surface area contributed by atoms with E-state index in [1.807, 2.05) is 0 Å². The highest BCUT2D eigenvalue weighted by Gasteiger charge is 2.35. The van der Waals surface area contributed by atoms with Crippen molar-refractivity contribution in [3.05, 3.63) is 46.7 Å². The van der Waals surface area contributed by atoms with Crippen molar-refractivity contribution >= 4 is 22.9 Å². The predicted octanol–water partition coefficient (Wildman–Crippen LogP) is 0.917. The van der Waals surface area contributed by atoms with E-state index in [1.54, 1.807) is 38.4 Å². The average Bonchev–Trinajstić information content (AvgIpc) is 3.42. The van der Waals surface area contributed by atoms with Gasteiger partial charge in [0, 0.05) is 33.5 Å². The van der Waals surface area contributed by atoms with E-state index in [9.17, 15) is 18.8 Å². The van der Waals surface area contributed by atoms with Crippen LogP contribution in [0.2, 0.25) is 0 Å². The number of rotatable bonds is 6. The average molecular weight is 430 g/mol. The SMILES string of the molecule is CN(C)C(=O)c1cn(CC2CC(F)CN2C(=O)CCn2c(=O)oc3ccccc32)nn1. The third-order valence-electron chi connectivity index (χ3n) is 5.37. The first kappa shape index (κ1) is 20.8. The van der Waals surface area contributed by atoms with Crippen LogP contribution in [-0.2, 0) is 17.9 Å². The highest BCUT2D eigenvalue weighted by Crippen LogP contribution is 2.23. The number of fused-ring (bicyclic) bond motifs is 1. The van der Waals surface area contributed by atoms with Gasteiger partial charge in [0.2, 0.25) is 5.91 Å². The Balaban J connectivity index is 1.44. The number of amides is 2. The summed E-state index contributed by atoms with van der Waals surface area (Å²) in [5.74, 6) is -1.07. The van der Waals surface area contributed by atoms with Crippen LogP contribution in [0.15, 0.2) is 39.7 Å². The van der Waals surface area contributed by atoms with Crippen molar-refractivity contribution in [1.82, 2.24) is 29.4 Å². The number of benzene rings is 1. The molecule has 10 nitrogen and oxygen atoms in total. The largest absolute Gasteiger partial charge is 0.419 e. The number of likely N-dealkylation sites (tertiary alicyclic amines) is 1. The van der Waals surface area contributed by atoms with Crippen molar-refractivity contribution in [2.24, 2.45) is 0 Å². The number of carbonyl (C=O) groups excluding carboxylic acids is 2. The molecule has 2 unspecified atom stereocenters. The summed E-state index contributed by atoms with van der Waals surface area (Å²) in [5, 5.41) is 7.79. The maximum absolute atomic E-state index is 14.1. The molecular formula is C20H23FN6O4. The summed E-state index contributed by atoms with van der Waals surface area (Å²) < 4.78 is 22.2. The second kappa shape index (κ2) is 8.32. The van der Waals surface area contributed by atoms with Gasteiger partial charge in [-0.1, -0.05) is 17.3 Å². The van der Waals surface area contributed by atoms with Gasteiger partial charge in [-0.05, 0) is 12.1 Å². The molecule has 2 amide bonds. The van der Waals surface area contributed by atoms with Crippen LogP contribution >= 0.6 is 0 Å². The second-order valence-corrected chi connectivity index (χ2v) is 7.80. The molecule has 3 heterocycles. The van der Waals surface area contributed by atoms with Crippen LogP contribution in [-0.4, -0.2) is 74.0 Å². The van der Waals surface area contributed by atoms with E-state index in [0.717, 1.165) is 0 Å². The molecule has 2 atom stereocenters. The summed E-state index contributed by atoms with van der Waals surface area (Å²) in [7, 11) is 3.22. The minimum Gasteiger partial charge on any atom is -0.408 e. The number of halogens is 1. The zero-order valence-electron chi connectivity index (χ0n) is 17.3. The van der Waals surface area contributed by atoms with E-state index < -0.39 is 18.0 Å². The lowest BCUT2D eigenvalue weighted by Crippen LogP contribution is -2.39. The number of hydrogen-bond donors (Lipinski definition) is 0. The smallest absolute Gasteiger partial charge is 0.408 e. The maximum Gasteiger partial charge on any atom is 0.419 e. The number of para-hydroxylation sites is 2. The summed E-state index contributed by atoms with van der Waals surface area (Å²) >= 11 is 0. The lowest BCUT2D eigenvalue weighted by atomic mass is 10.2. The Labute approximate surface area is 176 Å². The van der Waals surface area contributed by atoms with Gasteiger partial charge in [-0.15, -0.1) is 5.10 Å². The number of hydrogen-bond acceptors (Lipinski definition) is 6. The van der Waals surface area contributed by atoms with Crippen molar-refractivity contribution in [1.29, 1.82) is 0 Å². The molecule has 3 aromatic rings. The molecule has 4 rings (SSSR count). The minimum absolute atomic E-state index is 0.0112. The topological polar surface area (TPSA) is 106 Å². The maximum atomic E-state index is 14.1. The Morgan fingerprint density at radius 1 is 1.29 bits per heavy atom. The summed E-state index contributed by atoms with van der Waals surface area (Å²) in [6, 6.07) is 6.57. The van der Waals surface area contributed by atoms with Gasteiger partial charge >= 0.3 is 5.76 Å².